The summed E-state index contributed by atoms with van der Waals surface area (Å²) in [5.74, 6) is -0.135. The number of fused-ring (bicyclic) bond motifs is 1. The molecule has 1 saturated heterocycles. The molecule has 164 valence electrons. The number of methoxy groups -OCH3 is 1. The normalized spacial score (nSPS) is 14.0. The highest BCUT2D eigenvalue weighted by atomic mass is 16.5. The van der Waals surface area contributed by atoms with Crippen LogP contribution in [0.15, 0.2) is 48.8 Å². The van der Waals surface area contributed by atoms with Crippen LogP contribution < -0.4 is 5.32 Å². The average molecular weight is 423 g/mol. The number of aldehydes is 1. The van der Waals surface area contributed by atoms with Crippen molar-refractivity contribution in [2.75, 3.05) is 40.4 Å². The van der Waals surface area contributed by atoms with Crippen LogP contribution >= 0.6 is 0 Å². The van der Waals surface area contributed by atoms with Gasteiger partial charge in [0.2, 0.25) is 0 Å². The largest absolute Gasteiger partial charge is 0.383 e. The van der Waals surface area contributed by atoms with Crippen LogP contribution in [-0.2, 0) is 4.74 Å². The van der Waals surface area contributed by atoms with E-state index in [0.29, 0.717) is 24.3 Å². The van der Waals surface area contributed by atoms with Gasteiger partial charge < -0.3 is 19.5 Å². The molecule has 0 saturated carbocycles. The van der Waals surface area contributed by atoms with Crippen LogP contribution in [-0.4, -0.2) is 67.0 Å². The first-order chi connectivity index (χ1) is 15.1. The van der Waals surface area contributed by atoms with Crippen molar-refractivity contribution in [3.8, 4) is 5.69 Å². The summed E-state index contributed by atoms with van der Waals surface area (Å²) in [4.78, 5) is 29.5. The molecule has 1 aromatic carbocycles. The standard InChI is InChI=1S/C18H17N3O3.C6H13N/c1-24-9-7-19-18(23)14-2-4-16(5-3-14)21-8-6-15-10-13(12-22)11-20-17(15)21;1-7-5-3-2-4-6-7/h2-6,8,10-12H,7,9H2,1H3,(H,19,23);2-6H2,1H3. The van der Waals surface area contributed by atoms with Gasteiger partial charge in [0, 0.05) is 48.2 Å². The molecule has 0 radical (unpaired) electrons. The summed E-state index contributed by atoms with van der Waals surface area (Å²) >= 11 is 0. The van der Waals surface area contributed by atoms with Gasteiger partial charge >= 0.3 is 0 Å². The number of nitrogens with zero attached hydrogens (tertiary/aromatic N) is 3. The van der Waals surface area contributed by atoms with E-state index >= 15 is 0 Å². The van der Waals surface area contributed by atoms with Crippen molar-refractivity contribution in [3.05, 3.63) is 59.9 Å². The number of piperidine rings is 1. The number of aromatic nitrogens is 2. The minimum Gasteiger partial charge on any atom is -0.383 e. The lowest BCUT2D eigenvalue weighted by Crippen LogP contribution is -2.26. The quantitative estimate of drug-likeness (QED) is 0.487. The Labute approximate surface area is 183 Å². The van der Waals surface area contributed by atoms with Gasteiger partial charge in [-0.25, -0.2) is 4.98 Å². The molecule has 2 aromatic heterocycles. The molecule has 7 heteroatoms. The molecule has 1 aliphatic rings. The Morgan fingerprint density at radius 1 is 1.16 bits per heavy atom. The molecule has 0 spiro atoms. The fraction of sp³-hybridized carbons (Fsp3) is 0.375. The monoisotopic (exact) mass is 422 g/mol. The number of benzene rings is 1. The van der Waals surface area contributed by atoms with E-state index in [-0.39, 0.29) is 5.91 Å². The molecular formula is C24H30N4O3. The fourth-order valence-corrected chi connectivity index (χ4v) is 3.51. The molecule has 1 fully saturated rings. The minimum atomic E-state index is -0.135. The zero-order valence-corrected chi connectivity index (χ0v) is 18.2. The van der Waals surface area contributed by atoms with Gasteiger partial charge in [-0.15, -0.1) is 0 Å². The third-order valence-electron chi connectivity index (χ3n) is 5.26. The van der Waals surface area contributed by atoms with E-state index in [1.807, 2.05) is 29.0 Å². The van der Waals surface area contributed by atoms with Crippen LogP contribution in [0.5, 0.6) is 0 Å². The van der Waals surface area contributed by atoms with Crippen molar-refractivity contribution in [1.29, 1.82) is 0 Å². The van der Waals surface area contributed by atoms with Gasteiger partial charge in [0.25, 0.3) is 5.91 Å². The second kappa shape index (κ2) is 11.4. The number of hydrogen-bond donors (Lipinski definition) is 1. The molecule has 31 heavy (non-hydrogen) atoms. The first-order valence-electron chi connectivity index (χ1n) is 10.6. The summed E-state index contributed by atoms with van der Waals surface area (Å²) in [6, 6.07) is 11.0. The molecule has 0 aliphatic carbocycles. The van der Waals surface area contributed by atoms with E-state index in [0.717, 1.165) is 23.0 Å². The Bertz CT molecular complexity index is 992. The Balaban J connectivity index is 0.000000330. The van der Waals surface area contributed by atoms with E-state index in [4.69, 9.17) is 4.74 Å². The van der Waals surface area contributed by atoms with Crippen molar-refractivity contribution >= 4 is 23.2 Å². The summed E-state index contributed by atoms with van der Waals surface area (Å²) in [6.07, 6.45) is 8.49. The van der Waals surface area contributed by atoms with Gasteiger partial charge in [0.1, 0.15) is 5.65 Å². The first-order valence-corrected chi connectivity index (χ1v) is 10.6. The Morgan fingerprint density at radius 3 is 2.52 bits per heavy atom. The summed E-state index contributed by atoms with van der Waals surface area (Å²) < 4.78 is 6.82. The van der Waals surface area contributed by atoms with Crippen LogP contribution in [0.2, 0.25) is 0 Å². The minimum absolute atomic E-state index is 0.135. The number of likely N-dealkylation sites (tertiary alicyclic amines) is 1. The number of pyridine rings is 1. The van der Waals surface area contributed by atoms with Crippen molar-refractivity contribution in [3.63, 3.8) is 0 Å². The van der Waals surface area contributed by atoms with Crippen molar-refractivity contribution in [1.82, 2.24) is 19.8 Å². The Morgan fingerprint density at radius 2 is 1.90 bits per heavy atom. The molecule has 0 bridgehead atoms. The van der Waals surface area contributed by atoms with E-state index in [9.17, 15) is 9.59 Å². The number of hydrogen-bond acceptors (Lipinski definition) is 5. The molecule has 0 unspecified atom stereocenters. The topological polar surface area (TPSA) is 76.5 Å². The van der Waals surface area contributed by atoms with E-state index in [1.54, 1.807) is 31.5 Å². The summed E-state index contributed by atoms with van der Waals surface area (Å²) in [7, 11) is 3.79. The van der Waals surface area contributed by atoms with E-state index in [1.165, 1.54) is 32.4 Å². The van der Waals surface area contributed by atoms with Crippen LogP contribution in [0.3, 0.4) is 0 Å². The zero-order chi connectivity index (χ0) is 22.1. The molecule has 7 nitrogen and oxygen atoms in total. The lowest BCUT2D eigenvalue weighted by atomic mass is 10.1. The number of carbonyl (C=O) groups excluding carboxylic acids is 2. The van der Waals surface area contributed by atoms with Gasteiger partial charge in [0.15, 0.2) is 6.29 Å². The third kappa shape index (κ3) is 6.23. The summed E-state index contributed by atoms with van der Waals surface area (Å²) in [5, 5.41) is 3.67. The number of carbonyl (C=O) groups is 2. The summed E-state index contributed by atoms with van der Waals surface area (Å²) in [6.45, 7) is 3.59. The number of nitrogens with one attached hydrogen (secondary N) is 1. The number of rotatable bonds is 6. The summed E-state index contributed by atoms with van der Waals surface area (Å²) in [5.41, 5.74) is 2.79. The lowest BCUT2D eigenvalue weighted by molar-refractivity contribution is 0.0937. The first kappa shape index (κ1) is 22.7. The van der Waals surface area contributed by atoms with E-state index < -0.39 is 0 Å². The molecule has 1 amide bonds. The highest BCUT2D eigenvalue weighted by Gasteiger charge is 2.08. The van der Waals surface area contributed by atoms with Gasteiger partial charge in [-0.1, -0.05) is 6.42 Å². The third-order valence-corrected chi connectivity index (χ3v) is 5.26. The molecular weight excluding hydrogens is 392 g/mol. The molecule has 3 heterocycles. The Kier molecular flexibility index (Phi) is 8.32. The second-order valence-electron chi connectivity index (χ2n) is 7.64. The average Bonchev–Trinajstić information content (AvgIpc) is 3.23. The van der Waals surface area contributed by atoms with Gasteiger partial charge in [0.05, 0.1) is 6.61 Å². The molecule has 4 rings (SSSR count). The second-order valence-corrected chi connectivity index (χ2v) is 7.64. The maximum atomic E-state index is 12.0. The van der Waals surface area contributed by atoms with E-state index in [2.05, 4.69) is 22.2 Å². The highest BCUT2D eigenvalue weighted by Crippen LogP contribution is 2.19. The SMILES string of the molecule is CN1CCCCC1.COCCNC(=O)c1ccc(-n2ccc3cc(C=O)cnc32)cc1. The molecule has 1 aliphatic heterocycles. The van der Waals surface area contributed by atoms with Crippen molar-refractivity contribution < 1.29 is 14.3 Å². The number of amides is 1. The van der Waals surface area contributed by atoms with Gasteiger partial charge in [-0.2, -0.15) is 0 Å². The maximum absolute atomic E-state index is 12.0. The predicted octanol–water partition coefficient (Wildman–Crippen LogP) is 3.32. The van der Waals surface area contributed by atoms with Crippen molar-refractivity contribution in [2.45, 2.75) is 19.3 Å². The van der Waals surface area contributed by atoms with Crippen LogP contribution in [0.1, 0.15) is 40.0 Å². The smallest absolute Gasteiger partial charge is 0.251 e. The maximum Gasteiger partial charge on any atom is 0.251 e. The van der Waals surface area contributed by atoms with Crippen LogP contribution in [0.4, 0.5) is 0 Å². The highest BCUT2D eigenvalue weighted by molar-refractivity contribution is 5.94. The molecule has 1 N–H and O–H groups in total. The lowest BCUT2D eigenvalue weighted by Gasteiger charge is -2.20. The predicted molar refractivity (Wildman–Crippen MR) is 122 cm³/mol. The Hall–Kier alpha value is -3.03. The molecule has 3 aromatic rings. The van der Waals surface area contributed by atoms with Crippen LogP contribution in [0, 0.1) is 0 Å². The molecule has 0 atom stereocenters. The zero-order valence-electron chi connectivity index (χ0n) is 18.2. The fourth-order valence-electron chi connectivity index (χ4n) is 3.51. The number of ether oxygens (including phenoxy) is 1. The van der Waals surface area contributed by atoms with Crippen molar-refractivity contribution in [2.24, 2.45) is 0 Å². The van der Waals surface area contributed by atoms with Crippen LogP contribution in [0.25, 0.3) is 16.7 Å². The van der Waals surface area contributed by atoms with Gasteiger partial charge in [-0.05, 0) is 69.4 Å². The van der Waals surface area contributed by atoms with Gasteiger partial charge in [-0.3, -0.25) is 9.59 Å².